The van der Waals surface area contributed by atoms with Gasteiger partial charge in [0, 0.05) is 6.42 Å². The van der Waals surface area contributed by atoms with Gasteiger partial charge in [-0.05, 0) is 43.0 Å². The number of carbonyl (C=O) groups is 1. The number of carboxylic acids is 1. The molecule has 1 unspecified atom stereocenters. The van der Waals surface area contributed by atoms with Crippen LogP contribution in [0.1, 0.15) is 44.2 Å². The monoisotopic (exact) mass is 265 g/mol. The van der Waals surface area contributed by atoms with Gasteiger partial charge in [0.25, 0.3) is 0 Å². The second kappa shape index (κ2) is 6.06. The standard InChI is InChI=1S/C15H23NO3/c1-10(2)13-6-5-12(9-11(13)3)19-8-7-15(4,16)14(17)18/h5-6,9-10H,7-8,16H2,1-4H3,(H,17,18). The highest BCUT2D eigenvalue weighted by molar-refractivity contribution is 5.77. The van der Waals surface area contributed by atoms with Gasteiger partial charge in [-0.25, -0.2) is 0 Å². The molecule has 4 nitrogen and oxygen atoms in total. The molecule has 3 N–H and O–H groups in total. The molecule has 0 saturated heterocycles. The molecule has 0 radical (unpaired) electrons. The summed E-state index contributed by atoms with van der Waals surface area (Å²) in [6.45, 7) is 8.13. The molecule has 1 atom stereocenters. The number of aryl methyl sites for hydroxylation is 1. The molecular weight excluding hydrogens is 242 g/mol. The summed E-state index contributed by atoms with van der Waals surface area (Å²) in [6.07, 6.45) is 0.271. The molecule has 0 aliphatic heterocycles. The van der Waals surface area contributed by atoms with Gasteiger partial charge < -0.3 is 15.6 Å². The fourth-order valence-electron chi connectivity index (χ4n) is 1.87. The molecule has 1 aromatic rings. The van der Waals surface area contributed by atoms with Crippen LogP contribution in [0.4, 0.5) is 0 Å². The number of hydrogen-bond donors (Lipinski definition) is 2. The Labute approximate surface area is 114 Å². The molecule has 106 valence electrons. The van der Waals surface area contributed by atoms with E-state index in [0.717, 1.165) is 5.75 Å². The number of ether oxygens (including phenoxy) is 1. The topological polar surface area (TPSA) is 72.5 Å². The van der Waals surface area contributed by atoms with Crippen LogP contribution in [0, 0.1) is 6.92 Å². The van der Waals surface area contributed by atoms with Crippen LogP contribution in [0.5, 0.6) is 5.75 Å². The van der Waals surface area contributed by atoms with E-state index < -0.39 is 11.5 Å². The van der Waals surface area contributed by atoms with Crippen molar-refractivity contribution in [1.29, 1.82) is 0 Å². The summed E-state index contributed by atoms with van der Waals surface area (Å²) < 4.78 is 5.56. The summed E-state index contributed by atoms with van der Waals surface area (Å²) in [4.78, 5) is 10.9. The SMILES string of the molecule is Cc1cc(OCCC(C)(N)C(=O)O)ccc1C(C)C. The highest BCUT2D eigenvalue weighted by Gasteiger charge is 2.27. The third-order valence-electron chi connectivity index (χ3n) is 3.24. The zero-order chi connectivity index (χ0) is 14.6. The molecule has 19 heavy (non-hydrogen) atoms. The highest BCUT2D eigenvalue weighted by atomic mass is 16.5. The Morgan fingerprint density at radius 1 is 1.47 bits per heavy atom. The van der Waals surface area contributed by atoms with E-state index in [2.05, 4.69) is 13.8 Å². The van der Waals surface area contributed by atoms with Crippen LogP contribution in [0.3, 0.4) is 0 Å². The van der Waals surface area contributed by atoms with Crippen molar-refractivity contribution in [2.75, 3.05) is 6.61 Å². The van der Waals surface area contributed by atoms with E-state index in [9.17, 15) is 4.79 Å². The molecule has 0 spiro atoms. The Kier molecular flexibility index (Phi) is 4.95. The van der Waals surface area contributed by atoms with Gasteiger partial charge in [0.05, 0.1) is 6.61 Å². The number of carboxylic acid groups (broad SMARTS) is 1. The molecule has 0 bridgehead atoms. The van der Waals surface area contributed by atoms with Gasteiger partial charge in [-0.15, -0.1) is 0 Å². The van der Waals surface area contributed by atoms with Gasteiger partial charge in [0.2, 0.25) is 0 Å². The van der Waals surface area contributed by atoms with E-state index in [-0.39, 0.29) is 6.42 Å². The fourth-order valence-corrected chi connectivity index (χ4v) is 1.87. The quantitative estimate of drug-likeness (QED) is 0.829. The Balaban J connectivity index is 2.60. The zero-order valence-electron chi connectivity index (χ0n) is 12.1. The van der Waals surface area contributed by atoms with Crippen LogP contribution < -0.4 is 10.5 Å². The third-order valence-corrected chi connectivity index (χ3v) is 3.24. The average Bonchev–Trinajstić information content (AvgIpc) is 2.28. The molecule has 0 fully saturated rings. The number of hydrogen-bond acceptors (Lipinski definition) is 3. The van der Waals surface area contributed by atoms with E-state index in [0.29, 0.717) is 12.5 Å². The fraction of sp³-hybridized carbons (Fsp3) is 0.533. The highest BCUT2D eigenvalue weighted by Crippen LogP contribution is 2.23. The third kappa shape index (κ3) is 4.24. The summed E-state index contributed by atoms with van der Waals surface area (Å²) >= 11 is 0. The van der Waals surface area contributed by atoms with E-state index in [1.807, 2.05) is 25.1 Å². The lowest BCUT2D eigenvalue weighted by Crippen LogP contribution is -2.45. The molecule has 0 aliphatic rings. The van der Waals surface area contributed by atoms with Crippen molar-refractivity contribution in [2.24, 2.45) is 5.73 Å². The summed E-state index contributed by atoms with van der Waals surface area (Å²) in [7, 11) is 0. The molecular formula is C15H23NO3. The molecule has 1 aromatic carbocycles. The van der Waals surface area contributed by atoms with Crippen LogP contribution >= 0.6 is 0 Å². The lowest BCUT2D eigenvalue weighted by Gasteiger charge is -2.19. The Bertz CT molecular complexity index is 453. The second-order valence-corrected chi connectivity index (χ2v) is 5.49. The molecule has 0 amide bonds. The van der Waals surface area contributed by atoms with Gasteiger partial charge in [-0.1, -0.05) is 19.9 Å². The summed E-state index contributed by atoms with van der Waals surface area (Å²) in [5.41, 5.74) is 6.87. The second-order valence-electron chi connectivity index (χ2n) is 5.49. The summed E-state index contributed by atoms with van der Waals surface area (Å²) in [6, 6.07) is 5.94. The van der Waals surface area contributed by atoms with E-state index in [4.69, 9.17) is 15.6 Å². The first-order valence-electron chi connectivity index (χ1n) is 6.49. The van der Waals surface area contributed by atoms with Crippen LogP contribution in [0.25, 0.3) is 0 Å². The Morgan fingerprint density at radius 3 is 2.58 bits per heavy atom. The minimum absolute atomic E-state index is 0.271. The van der Waals surface area contributed by atoms with Gasteiger partial charge in [-0.3, -0.25) is 4.79 Å². The predicted octanol–water partition coefficient (Wildman–Crippen LogP) is 2.69. The number of rotatable bonds is 6. The molecule has 1 rings (SSSR count). The lowest BCUT2D eigenvalue weighted by atomic mass is 9.98. The minimum atomic E-state index is -1.24. The van der Waals surface area contributed by atoms with Gasteiger partial charge in [0.15, 0.2) is 0 Å². The number of aliphatic carboxylic acids is 1. The van der Waals surface area contributed by atoms with E-state index >= 15 is 0 Å². The number of benzene rings is 1. The number of nitrogens with two attached hydrogens (primary N) is 1. The van der Waals surface area contributed by atoms with Crippen molar-refractivity contribution in [2.45, 2.75) is 45.6 Å². The molecule has 4 heteroatoms. The molecule has 0 saturated carbocycles. The van der Waals surface area contributed by atoms with Gasteiger partial charge in [-0.2, -0.15) is 0 Å². The average molecular weight is 265 g/mol. The molecule has 0 aromatic heterocycles. The summed E-state index contributed by atoms with van der Waals surface area (Å²) in [5, 5.41) is 8.90. The van der Waals surface area contributed by atoms with Crippen molar-refractivity contribution in [1.82, 2.24) is 0 Å². The van der Waals surface area contributed by atoms with Crippen LogP contribution in [-0.2, 0) is 4.79 Å². The lowest BCUT2D eigenvalue weighted by molar-refractivity contribution is -0.143. The van der Waals surface area contributed by atoms with Crippen molar-refractivity contribution in [3.05, 3.63) is 29.3 Å². The maximum Gasteiger partial charge on any atom is 0.323 e. The maximum absolute atomic E-state index is 10.9. The van der Waals surface area contributed by atoms with Gasteiger partial charge >= 0.3 is 5.97 Å². The van der Waals surface area contributed by atoms with Crippen LogP contribution in [0.15, 0.2) is 18.2 Å². The molecule has 0 heterocycles. The minimum Gasteiger partial charge on any atom is -0.493 e. The normalized spacial score (nSPS) is 14.2. The molecule has 0 aliphatic carbocycles. The van der Waals surface area contributed by atoms with Crippen molar-refractivity contribution in [3.63, 3.8) is 0 Å². The predicted molar refractivity (Wildman–Crippen MR) is 75.6 cm³/mol. The first-order valence-corrected chi connectivity index (χ1v) is 6.49. The first kappa shape index (κ1) is 15.5. The zero-order valence-corrected chi connectivity index (χ0v) is 12.1. The van der Waals surface area contributed by atoms with Crippen LogP contribution in [-0.4, -0.2) is 23.2 Å². The van der Waals surface area contributed by atoms with Gasteiger partial charge in [0.1, 0.15) is 11.3 Å². The smallest absolute Gasteiger partial charge is 0.323 e. The summed E-state index contributed by atoms with van der Waals surface area (Å²) in [5.74, 6) is 0.221. The van der Waals surface area contributed by atoms with E-state index in [1.54, 1.807) is 0 Å². The van der Waals surface area contributed by atoms with Crippen molar-refractivity contribution >= 4 is 5.97 Å². The largest absolute Gasteiger partial charge is 0.493 e. The maximum atomic E-state index is 10.9. The van der Waals surface area contributed by atoms with Crippen molar-refractivity contribution in [3.8, 4) is 5.75 Å². The Hall–Kier alpha value is -1.55. The first-order chi connectivity index (χ1) is 8.74. The van der Waals surface area contributed by atoms with Crippen molar-refractivity contribution < 1.29 is 14.6 Å². The Morgan fingerprint density at radius 2 is 2.11 bits per heavy atom. The van der Waals surface area contributed by atoms with E-state index in [1.165, 1.54) is 18.1 Å². The van der Waals surface area contributed by atoms with Crippen LogP contribution in [0.2, 0.25) is 0 Å².